The summed E-state index contributed by atoms with van der Waals surface area (Å²) in [6.45, 7) is 7.55. The van der Waals surface area contributed by atoms with E-state index in [4.69, 9.17) is 0 Å². The van der Waals surface area contributed by atoms with Gasteiger partial charge in [-0.2, -0.15) is 0 Å². The zero-order valence-corrected chi connectivity index (χ0v) is 21.4. The first-order chi connectivity index (χ1) is 16.6. The fraction of sp³-hybridized carbons (Fsp3) is 0.630. The molecule has 8 nitrogen and oxygen atoms in total. The Labute approximate surface area is 208 Å². The van der Waals surface area contributed by atoms with Gasteiger partial charge in [-0.3, -0.25) is 19.2 Å². The number of carbonyl (C=O) groups excluding carboxylic acids is 4. The molecule has 0 spiro atoms. The third-order valence-corrected chi connectivity index (χ3v) is 6.97. The molecule has 3 rings (SSSR count). The molecule has 2 aliphatic rings. The molecule has 2 atom stereocenters. The molecule has 1 fully saturated rings. The van der Waals surface area contributed by atoms with Crippen molar-refractivity contribution in [3.05, 3.63) is 35.4 Å². The van der Waals surface area contributed by atoms with Crippen molar-refractivity contribution >= 4 is 23.6 Å². The van der Waals surface area contributed by atoms with E-state index >= 15 is 0 Å². The lowest BCUT2D eigenvalue weighted by atomic mass is 9.83. The predicted octanol–water partition coefficient (Wildman–Crippen LogP) is 2.35. The van der Waals surface area contributed by atoms with E-state index in [1.54, 1.807) is 13.8 Å². The molecule has 0 saturated heterocycles. The molecule has 0 bridgehead atoms. The monoisotopic (exact) mass is 484 g/mol. The van der Waals surface area contributed by atoms with Crippen LogP contribution in [0.25, 0.3) is 0 Å². The van der Waals surface area contributed by atoms with Gasteiger partial charge in [0.2, 0.25) is 23.6 Å². The number of carbonyl (C=O) groups is 4. The summed E-state index contributed by atoms with van der Waals surface area (Å²) >= 11 is 0. The molecular formula is C27H40N4O4. The zero-order valence-electron chi connectivity index (χ0n) is 21.4. The highest BCUT2D eigenvalue weighted by atomic mass is 16.2. The summed E-state index contributed by atoms with van der Waals surface area (Å²) < 4.78 is 0. The van der Waals surface area contributed by atoms with Gasteiger partial charge in [0.25, 0.3) is 0 Å². The molecule has 192 valence electrons. The van der Waals surface area contributed by atoms with E-state index in [0.717, 1.165) is 43.2 Å². The Morgan fingerprint density at radius 3 is 2.23 bits per heavy atom. The number of hydrogen-bond acceptors (Lipinski definition) is 4. The van der Waals surface area contributed by atoms with Gasteiger partial charge in [0.1, 0.15) is 17.6 Å². The summed E-state index contributed by atoms with van der Waals surface area (Å²) in [6.07, 6.45) is 5.34. The van der Waals surface area contributed by atoms with Crippen molar-refractivity contribution < 1.29 is 19.2 Å². The van der Waals surface area contributed by atoms with Crippen molar-refractivity contribution in [2.45, 2.75) is 96.8 Å². The van der Waals surface area contributed by atoms with Crippen LogP contribution in [0.3, 0.4) is 0 Å². The Kier molecular flexibility index (Phi) is 8.92. The number of hydrogen-bond donors (Lipinski definition) is 4. The van der Waals surface area contributed by atoms with Crippen LogP contribution in [-0.2, 0) is 32.1 Å². The average Bonchev–Trinajstić information content (AvgIpc) is 2.80. The molecule has 1 heterocycles. The number of nitrogens with one attached hydrogen (secondary N) is 4. The molecule has 4 amide bonds. The second-order valence-corrected chi connectivity index (χ2v) is 10.9. The smallest absolute Gasteiger partial charge is 0.245 e. The van der Waals surface area contributed by atoms with Crippen LogP contribution in [0.4, 0.5) is 0 Å². The van der Waals surface area contributed by atoms with E-state index in [2.05, 4.69) is 21.3 Å². The summed E-state index contributed by atoms with van der Waals surface area (Å²) in [4.78, 5) is 52.9. The van der Waals surface area contributed by atoms with Crippen molar-refractivity contribution in [2.24, 2.45) is 11.8 Å². The molecule has 1 aliphatic carbocycles. The maximum Gasteiger partial charge on any atom is 0.245 e. The molecule has 35 heavy (non-hydrogen) atoms. The minimum atomic E-state index is -1.20. The highest BCUT2D eigenvalue weighted by Crippen LogP contribution is 2.27. The van der Waals surface area contributed by atoms with Crippen molar-refractivity contribution in [2.75, 3.05) is 0 Å². The lowest BCUT2D eigenvalue weighted by molar-refractivity contribution is -0.137. The maximum atomic E-state index is 13.5. The maximum absolute atomic E-state index is 13.5. The van der Waals surface area contributed by atoms with Crippen molar-refractivity contribution in [1.29, 1.82) is 0 Å². The first-order valence-electron chi connectivity index (χ1n) is 12.8. The summed E-state index contributed by atoms with van der Waals surface area (Å²) in [6, 6.07) is 5.94. The van der Waals surface area contributed by atoms with Gasteiger partial charge in [-0.05, 0) is 56.1 Å². The quantitative estimate of drug-likeness (QED) is 0.527. The topological polar surface area (TPSA) is 116 Å². The lowest BCUT2D eigenvalue weighted by Gasteiger charge is -2.34. The van der Waals surface area contributed by atoms with Gasteiger partial charge >= 0.3 is 0 Å². The molecule has 0 radical (unpaired) electrons. The fourth-order valence-corrected chi connectivity index (χ4v) is 4.98. The Balaban J connectivity index is 1.95. The van der Waals surface area contributed by atoms with Crippen LogP contribution in [0.2, 0.25) is 0 Å². The van der Waals surface area contributed by atoms with Crippen LogP contribution in [0.5, 0.6) is 0 Å². The van der Waals surface area contributed by atoms with Gasteiger partial charge in [0.15, 0.2) is 0 Å². The normalized spacial score (nSPS) is 24.8. The zero-order chi connectivity index (χ0) is 25.6. The van der Waals surface area contributed by atoms with E-state index in [0.29, 0.717) is 6.42 Å². The number of fused-ring (bicyclic) bond motifs is 1. The number of benzene rings is 1. The van der Waals surface area contributed by atoms with Crippen LogP contribution < -0.4 is 21.3 Å². The van der Waals surface area contributed by atoms with Gasteiger partial charge in [-0.1, -0.05) is 57.4 Å². The van der Waals surface area contributed by atoms with Crippen molar-refractivity contribution in [1.82, 2.24) is 21.3 Å². The van der Waals surface area contributed by atoms with Crippen LogP contribution in [0, 0.1) is 11.8 Å². The molecule has 4 N–H and O–H groups in total. The molecule has 1 saturated carbocycles. The third kappa shape index (κ3) is 7.29. The highest BCUT2D eigenvalue weighted by molar-refractivity contribution is 5.96. The second-order valence-electron chi connectivity index (χ2n) is 10.9. The molecule has 1 aliphatic heterocycles. The van der Waals surface area contributed by atoms with Gasteiger partial charge in [-0.15, -0.1) is 0 Å². The summed E-state index contributed by atoms with van der Waals surface area (Å²) in [5.74, 6) is -1.15. The van der Waals surface area contributed by atoms with E-state index in [9.17, 15) is 19.2 Å². The van der Waals surface area contributed by atoms with Crippen molar-refractivity contribution in [3.8, 4) is 0 Å². The lowest BCUT2D eigenvalue weighted by Crippen LogP contribution is -2.62. The van der Waals surface area contributed by atoms with Gasteiger partial charge in [0.05, 0.1) is 6.42 Å². The summed E-state index contributed by atoms with van der Waals surface area (Å²) in [5, 5.41) is 11.6. The van der Waals surface area contributed by atoms with Gasteiger partial charge < -0.3 is 21.3 Å². The van der Waals surface area contributed by atoms with E-state index in [-0.39, 0.29) is 42.5 Å². The largest absolute Gasteiger partial charge is 0.350 e. The minimum absolute atomic E-state index is 0.0121. The minimum Gasteiger partial charge on any atom is -0.350 e. The standard InChI is InChI=1S/C27H40N4O4/c1-17(2)14-21-24(33)28-16-20-13-9-8-12-19(20)15-22(32)31-27(3,4)26(35)30-23(25(34)29-21)18-10-6-5-7-11-18/h8-9,12-13,17-18,21,23H,5-7,10-11,14-16H2,1-4H3,(H,28,33)(H,29,34)(H,30,35)(H,31,32)/t21-,23+/m0/s1. The predicted molar refractivity (Wildman–Crippen MR) is 134 cm³/mol. The van der Waals surface area contributed by atoms with Crippen LogP contribution in [0.1, 0.15) is 77.3 Å². The van der Waals surface area contributed by atoms with Gasteiger partial charge in [0, 0.05) is 6.54 Å². The SMILES string of the molecule is CC(C)C[C@@H]1NC(=O)[C@@H](C2CCCCC2)NC(=O)C(C)(C)NC(=O)Cc2ccccc2CNC1=O. The summed E-state index contributed by atoms with van der Waals surface area (Å²) in [5.41, 5.74) is 0.397. The van der Waals surface area contributed by atoms with Gasteiger partial charge in [-0.25, -0.2) is 0 Å². The first kappa shape index (κ1) is 26.7. The third-order valence-electron chi connectivity index (χ3n) is 6.97. The fourth-order valence-electron chi connectivity index (χ4n) is 4.98. The molecule has 0 unspecified atom stereocenters. The molecule has 0 aromatic heterocycles. The Morgan fingerprint density at radius 2 is 1.57 bits per heavy atom. The second kappa shape index (κ2) is 11.7. The Morgan fingerprint density at radius 1 is 0.914 bits per heavy atom. The Hall–Kier alpha value is -2.90. The van der Waals surface area contributed by atoms with Crippen LogP contribution in [-0.4, -0.2) is 41.3 Å². The highest BCUT2D eigenvalue weighted by Gasteiger charge is 2.38. The van der Waals surface area contributed by atoms with Crippen molar-refractivity contribution in [3.63, 3.8) is 0 Å². The van der Waals surface area contributed by atoms with E-state index in [1.807, 2.05) is 38.1 Å². The van der Waals surface area contributed by atoms with E-state index in [1.165, 1.54) is 0 Å². The average molecular weight is 485 g/mol. The molecule has 1 aromatic carbocycles. The summed E-state index contributed by atoms with van der Waals surface area (Å²) in [7, 11) is 0. The number of amides is 4. The van der Waals surface area contributed by atoms with Crippen LogP contribution in [0.15, 0.2) is 24.3 Å². The molecule has 1 aromatic rings. The van der Waals surface area contributed by atoms with Crippen LogP contribution >= 0.6 is 0 Å². The van der Waals surface area contributed by atoms with E-state index < -0.39 is 23.5 Å². The Bertz CT molecular complexity index is 937. The molecular weight excluding hydrogens is 444 g/mol. The first-order valence-corrected chi connectivity index (χ1v) is 12.8. The molecule has 8 heteroatoms. The number of rotatable bonds is 3.